The van der Waals surface area contributed by atoms with Crippen LogP contribution in [-0.4, -0.2) is 59.6 Å². The summed E-state index contributed by atoms with van der Waals surface area (Å²) in [5.74, 6) is 0.494. The molecule has 2 rings (SSSR count). The summed E-state index contributed by atoms with van der Waals surface area (Å²) in [4.78, 5) is 6.02. The summed E-state index contributed by atoms with van der Waals surface area (Å²) >= 11 is 0. The molecular weight excluding hydrogens is 438 g/mol. The van der Waals surface area contributed by atoms with E-state index in [1.165, 1.54) is 0 Å². The normalized spacial score (nSPS) is 19.1. The molecule has 0 radical (unpaired) electrons. The van der Waals surface area contributed by atoms with E-state index in [1.54, 1.807) is 10.9 Å². The van der Waals surface area contributed by atoms with E-state index in [4.69, 9.17) is 4.74 Å². The highest BCUT2D eigenvalue weighted by atomic mass is 127. The minimum atomic E-state index is -4.19. The largest absolute Gasteiger partial charge is 0.390 e. The molecule has 0 aromatic carbocycles. The molecule has 138 valence electrons. The zero-order valence-corrected chi connectivity index (χ0v) is 16.0. The smallest absolute Gasteiger partial charge is 0.370 e. The summed E-state index contributed by atoms with van der Waals surface area (Å²) < 4.78 is 44.3. The van der Waals surface area contributed by atoms with Crippen LogP contribution in [0.25, 0.3) is 0 Å². The Morgan fingerprint density at radius 3 is 2.83 bits per heavy atom. The third kappa shape index (κ3) is 6.46. The van der Waals surface area contributed by atoms with Gasteiger partial charge < -0.3 is 15.0 Å². The van der Waals surface area contributed by atoms with Crippen molar-refractivity contribution in [2.24, 2.45) is 12.0 Å². The lowest BCUT2D eigenvalue weighted by Crippen LogP contribution is -2.48. The van der Waals surface area contributed by atoms with Crippen LogP contribution in [0.15, 0.2) is 17.4 Å². The molecule has 1 aliphatic heterocycles. The van der Waals surface area contributed by atoms with Gasteiger partial charge in [-0.05, 0) is 6.92 Å². The number of aryl methyl sites for hydroxylation is 1. The van der Waals surface area contributed by atoms with E-state index in [9.17, 15) is 13.2 Å². The van der Waals surface area contributed by atoms with E-state index < -0.39 is 12.6 Å². The highest BCUT2D eigenvalue weighted by Crippen LogP contribution is 2.22. The summed E-state index contributed by atoms with van der Waals surface area (Å²) in [6.45, 7) is 3.82. The van der Waals surface area contributed by atoms with E-state index in [0.29, 0.717) is 32.2 Å². The Bertz CT molecular complexity index is 535. The molecule has 0 amide bonds. The lowest BCUT2D eigenvalue weighted by molar-refractivity contribution is -0.132. The minimum absolute atomic E-state index is 0. The number of aliphatic imine (C=N–C) groups is 1. The Morgan fingerprint density at radius 2 is 2.25 bits per heavy atom. The zero-order valence-electron chi connectivity index (χ0n) is 13.7. The van der Waals surface area contributed by atoms with Gasteiger partial charge in [-0.3, -0.25) is 9.67 Å². The molecule has 24 heavy (non-hydrogen) atoms. The lowest BCUT2D eigenvalue weighted by atomic mass is 10.1. The fourth-order valence-electron chi connectivity index (χ4n) is 2.36. The molecule has 6 nitrogen and oxygen atoms in total. The van der Waals surface area contributed by atoms with Crippen molar-refractivity contribution in [2.45, 2.75) is 25.6 Å². The van der Waals surface area contributed by atoms with Gasteiger partial charge in [-0.25, -0.2) is 0 Å². The molecule has 10 heteroatoms. The van der Waals surface area contributed by atoms with Gasteiger partial charge in [-0.15, -0.1) is 24.0 Å². The second kappa shape index (κ2) is 9.44. The predicted molar refractivity (Wildman–Crippen MR) is 95.5 cm³/mol. The van der Waals surface area contributed by atoms with Crippen LogP contribution in [0.2, 0.25) is 0 Å². The number of ether oxygens (including phenoxy) is 1. The zero-order chi connectivity index (χ0) is 16.9. The number of hydrogen-bond acceptors (Lipinski definition) is 3. The summed E-state index contributed by atoms with van der Waals surface area (Å²) in [6.07, 6.45) is -1.66. The molecule has 1 aromatic heterocycles. The average Bonchev–Trinajstić information content (AvgIpc) is 2.92. The Hall–Kier alpha value is -1.04. The van der Waals surface area contributed by atoms with Gasteiger partial charge in [0.15, 0.2) is 5.96 Å². The summed E-state index contributed by atoms with van der Waals surface area (Å²) in [5.41, 5.74) is 0.948. The van der Waals surface area contributed by atoms with Crippen LogP contribution in [0.1, 0.15) is 25.0 Å². The monoisotopic (exact) mass is 461 g/mol. The molecule has 1 aliphatic rings. The molecule has 0 spiro atoms. The van der Waals surface area contributed by atoms with Gasteiger partial charge in [0.25, 0.3) is 0 Å². The third-order valence-electron chi connectivity index (χ3n) is 3.45. The molecule has 1 N–H and O–H groups in total. The first-order valence-electron chi connectivity index (χ1n) is 7.59. The molecule has 0 saturated carbocycles. The number of alkyl halides is 3. The molecule has 0 bridgehead atoms. The van der Waals surface area contributed by atoms with E-state index in [1.807, 2.05) is 25.1 Å². The predicted octanol–water partition coefficient (Wildman–Crippen LogP) is 2.33. The van der Waals surface area contributed by atoms with Crippen molar-refractivity contribution in [3.8, 4) is 0 Å². The molecule has 1 saturated heterocycles. The number of morpholine rings is 1. The molecular formula is C14H23F3IN5O. The van der Waals surface area contributed by atoms with Crippen LogP contribution in [0.5, 0.6) is 0 Å². The summed E-state index contributed by atoms with van der Waals surface area (Å²) in [6, 6.07) is 0. The number of hydrogen-bond donors (Lipinski definition) is 1. The van der Waals surface area contributed by atoms with E-state index in [2.05, 4.69) is 15.4 Å². The van der Waals surface area contributed by atoms with Crippen molar-refractivity contribution in [1.29, 1.82) is 0 Å². The number of aromatic nitrogens is 2. The Morgan fingerprint density at radius 1 is 1.50 bits per heavy atom. The highest BCUT2D eigenvalue weighted by molar-refractivity contribution is 14.0. The second-order valence-corrected chi connectivity index (χ2v) is 5.35. The van der Waals surface area contributed by atoms with Crippen molar-refractivity contribution in [3.63, 3.8) is 0 Å². The molecule has 1 unspecified atom stereocenters. The quantitative estimate of drug-likeness (QED) is 0.425. The molecule has 1 aromatic rings. The SMILES string of the molecule is CCNC(=NCCC(F)(F)F)N1CCOC(c2cnn(C)c2)C1.I. The van der Waals surface area contributed by atoms with Crippen molar-refractivity contribution in [1.82, 2.24) is 20.0 Å². The minimum Gasteiger partial charge on any atom is -0.370 e. The van der Waals surface area contributed by atoms with Crippen molar-refractivity contribution < 1.29 is 17.9 Å². The molecule has 0 aliphatic carbocycles. The van der Waals surface area contributed by atoms with Gasteiger partial charge in [0.2, 0.25) is 0 Å². The lowest BCUT2D eigenvalue weighted by Gasteiger charge is -2.34. The topological polar surface area (TPSA) is 54.7 Å². The molecule has 2 heterocycles. The number of guanidine groups is 1. The van der Waals surface area contributed by atoms with Crippen molar-refractivity contribution in [3.05, 3.63) is 18.0 Å². The maximum Gasteiger partial charge on any atom is 0.390 e. The average molecular weight is 461 g/mol. The van der Waals surface area contributed by atoms with Gasteiger partial charge in [0, 0.05) is 31.9 Å². The standard InChI is InChI=1S/C14H22F3N5O.HI/c1-3-18-13(19-5-4-14(15,16)17)22-6-7-23-12(10-22)11-8-20-21(2)9-11;/h8-9,12H,3-7,10H2,1-2H3,(H,18,19);1H. The number of rotatable bonds is 4. The van der Waals surface area contributed by atoms with Crippen LogP contribution in [0.4, 0.5) is 13.2 Å². The van der Waals surface area contributed by atoms with E-state index in [0.717, 1.165) is 5.56 Å². The third-order valence-corrected chi connectivity index (χ3v) is 3.45. The van der Waals surface area contributed by atoms with Gasteiger partial charge in [-0.2, -0.15) is 18.3 Å². The van der Waals surface area contributed by atoms with Gasteiger partial charge in [-0.1, -0.05) is 0 Å². The Balaban J connectivity index is 0.00000288. The Labute approximate surface area is 156 Å². The molecule has 1 fully saturated rings. The van der Waals surface area contributed by atoms with Gasteiger partial charge >= 0.3 is 6.18 Å². The van der Waals surface area contributed by atoms with Crippen LogP contribution >= 0.6 is 24.0 Å². The number of nitrogens with one attached hydrogen (secondary N) is 1. The van der Waals surface area contributed by atoms with Crippen LogP contribution in [0.3, 0.4) is 0 Å². The first-order valence-corrected chi connectivity index (χ1v) is 7.59. The van der Waals surface area contributed by atoms with Crippen molar-refractivity contribution >= 4 is 29.9 Å². The number of halogens is 4. The second-order valence-electron chi connectivity index (χ2n) is 5.35. The maximum atomic E-state index is 12.3. The van der Waals surface area contributed by atoms with E-state index >= 15 is 0 Å². The van der Waals surface area contributed by atoms with Crippen molar-refractivity contribution in [2.75, 3.05) is 32.8 Å². The van der Waals surface area contributed by atoms with Gasteiger partial charge in [0.1, 0.15) is 6.10 Å². The first-order chi connectivity index (χ1) is 10.9. The van der Waals surface area contributed by atoms with Crippen LogP contribution in [-0.2, 0) is 11.8 Å². The summed E-state index contributed by atoms with van der Waals surface area (Å²) in [7, 11) is 1.83. The number of nitrogens with zero attached hydrogens (tertiary/aromatic N) is 4. The van der Waals surface area contributed by atoms with Crippen LogP contribution in [0, 0.1) is 0 Å². The van der Waals surface area contributed by atoms with Gasteiger partial charge in [0.05, 0.1) is 32.3 Å². The Kier molecular flexibility index (Phi) is 8.27. The fraction of sp³-hybridized carbons (Fsp3) is 0.714. The fourth-order valence-corrected chi connectivity index (χ4v) is 2.36. The van der Waals surface area contributed by atoms with Crippen LogP contribution < -0.4 is 5.32 Å². The maximum absolute atomic E-state index is 12.3. The highest BCUT2D eigenvalue weighted by Gasteiger charge is 2.28. The summed E-state index contributed by atoms with van der Waals surface area (Å²) in [5, 5.41) is 7.17. The first kappa shape index (κ1) is 21.0. The molecule has 1 atom stereocenters. The van der Waals surface area contributed by atoms with E-state index in [-0.39, 0.29) is 36.6 Å².